The summed E-state index contributed by atoms with van der Waals surface area (Å²) in [6, 6.07) is 7.31. The van der Waals surface area contributed by atoms with Gasteiger partial charge in [0.25, 0.3) is 0 Å². The minimum absolute atomic E-state index is 0.113. The van der Waals surface area contributed by atoms with Crippen LogP contribution in [0.25, 0.3) is 0 Å². The fraction of sp³-hybridized carbons (Fsp3) is 0.500. The Hall–Kier alpha value is -2.44. The van der Waals surface area contributed by atoms with Crippen LogP contribution in [0.3, 0.4) is 0 Å². The molecule has 2 rings (SSSR count). The lowest BCUT2D eigenvalue weighted by Crippen LogP contribution is -2.48. The van der Waals surface area contributed by atoms with E-state index < -0.39 is 0 Å². The van der Waals surface area contributed by atoms with Gasteiger partial charge in [-0.2, -0.15) is 0 Å². The van der Waals surface area contributed by atoms with E-state index in [1.54, 1.807) is 4.90 Å². The van der Waals surface area contributed by atoms with Crippen LogP contribution in [0.1, 0.15) is 13.8 Å². The maximum atomic E-state index is 12.1. The van der Waals surface area contributed by atoms with E-state index in [1.165, 1.54) is 6.92 Å². The van der Waals surface area contributed by atoms with Crippen molar-refractivity contribution in [3.8, 4) is 11.5 Å². The van der Waals surface area contributed by atoms with Crippen LogP contribution in [0.5, 0.6) is 11.5 Å². The number of carbonyl (C=O) groups is 2. The van der Waals surface area contributed by atoms with Crippen LogP contribution in [-0.2, 0) is 4.79 Å². The molecular weight excluding hydrogens is 298 g/mol. The Morgan fingerprint density at radius 1 is 1.22 bits per heavy atom. The first kappa shape index (κ1) is 16.9. The maximum Gasteiger partial charge on any atom is 0.317 e. The molecule has 1 aliphatic rings. The normalized spacial score (nSPS) is 15.7. The summed E-state index contributed by atoms with van der Waals surface area (Å²) in [5.41, 5.74) is 0. The van der Waals surface area contributed by atoms with E-state index in [0.717, 1.165) is 5.75 Å². The van der Waals surface area contributed by atoms with Crippen molar-refractivity contribution >= 4 is 11.9 Å². The minimum atomic E-state index is -0.203. The van der Waals surface area contributed by atoms with Gasteiger partial charge in [-0.15, -0.1) is 0 Å². The van der Waals surface area contributed by atoms with Crippen molar-refractivity contribution in [1.29, 1.82) is 0 Å². The van der Waals surface area contributed by atoms with Gasteiger partial charge in [0.2, 0.25) is 5.91 Å². The summed E-state index contributed by atoms with van der Waals surface area (Å²) >= 11 is 0. The molecule has 0 radical (unpaired) electrons. The molecule has 1 heterocycles. The number of urea groups is 1. The lowest BCUT2D eigenvalue weighted by molar-refractivity contribution is -0.118. The molecule has 2 N–H and O–H groups in total. The van der Waals surface area contributed by atoms with E-state index in [1.807, 2.05) is 31.2 Å². The van der Waals surface area contributed by atoms with Gasteiger partial charge in [0.05, 0.1) is 6.54 Å². The van der Waals surface area contributed by atoms with Crippen LogP contribution in [0.4, 0.5) is 4.79 Å². The topological polar surface area (TPSA) is 79.9 Å². The average Bonchev–Trinajstić information content (AvgIpc) is 2.56. The molecule has 0 bridgehead atoms. The molecule has 1 aliphatic heterocycles. The van der Waals surface area contributed by atoms with Gasteiger partial charge in [0.1, 0.15) is 6.61 Å². The second-order valence-corrected chi connectivity index (χ2v) is 5.25. The number of para-hydroxylation sites is 2. The van der Waals surface area contributed by atoms with Crippen LogP contribution in [0.2, 0.25) is 0 Å². The first-order valence-electron chi connectivity index (χ1n) is 7.75. The largest absolute Gasteiger partial charge is 0.486 e. The molecule has 0 aliphatic carbocycles. The summed E-state index contributed by atoms with van der Waals surface area (Å²) in [6.45, 7) is 5.56. The maximum absolute atomic E-state index is 12.1. The van der Waals surface area contributed by atoms with Gasteiger partial charge in [0.15, 0.2) is 17.6 Å². The van der Waals surface area contributed by atoms with Crippen molar-refractivity contribution in [3.63, 3.8) is 0 Å². The van der Waals surface area contributed by atoms with Gasteiger partial charge in [-0.3, -0.25) is 4.79 Å². The van der Waals surface area contributed by atoms with E-state index in [9.17, 15) is 9.59 Å². The molecule has 1 aromatic carbocycles. The Balaban J connectivity index is 1.80. The van der Waals surface area contributed by atoms with Gasteiger partial charge < -0.3 is 25.0 Å². The number of ether oxygens (including phenoxy) is 2. The van der Waals surface area contributed by atoms with Crippen LogP contribution in [0.15, 0.2) is 24.3 Å². The van der Waals surface area contributed by atoms with Gasteiger partial charge in [-0.1, -0.05) is 12.1 Å². The zero-order valence-corrected chi connectivity index (χ0v) is 13.5. The molecule has 0 spiro atoms. The molecule has 0 fully saturated rings. The quantitative estimate of drug-likeness (QED) is 0.766. The number of nitrogens with zero attached hydrogens (tertiary/aromatic N) is 1. The molecule has 1 atom stereocenters. The number of hydrogen-bond acceptors (Lipinski definition) is 4. The number of amides is 3. The fourth-order valence-electron chi connectivity index (χ4n) is 2.27. The third kappa shape index (κ3) is 5.05. The predicted octanol–water partition coefficient (Wildman–Crippen LogP) is 0.994. The second-order valence-electron chi connectivity index (χ2n) is 5.25. The van der Waals surface area contributed by atoms with E-state index >= 15 is 0 Å². The number of fused-ring (bicyclic) bond motifs is 1. The van der Waals surface area contributed by atoms with Crippen molar-refractivity contribution in [1.82, 2.24) is 15.5 Å². The summed E-state index contributed by atoms with van der Waals surface area (Å²) < 4.78 is 11.5. The Labute approximate surface area is 135 Å². The number of likely N-dealkylation sites (N-methyl/N-ethyl adjacent to an activating group) is 1. The summed E-state index contributed by atoms with van der Waals surface area (Å²) in [5, 5.41) is 5.41. The third-order valence-corrected chi connectivity index (χ3v) is 3.44. The fourth-order valence-corrected chi connectivity index (χ4v) is 2.27. The highest BCUT2D eigenvalue weighted by Crippen LogP contribution is 2.30. The molecule has 0 saturated carbocycles. The van der Waals surface area contributed by atoms with Crippen LogP contribution >= 0.6 is 0 Å². The smallest absolute Gasteiger partial charge is 0.317 e. The number of hydrogen-bond donors (Lipinski definition) is 2. The van der Waals surface area contributed by atoms with E-state index in [4.69, 9.17) is 9.47 Å². The van der Waals surface area contributed by atoms with Gasteiger partial charge in [-0.05, 0) is 19.1 Å². The molecule has 23 heavy (non-hydrogen) atoms. The lowest BCUT2D eigenvalue weighted by atomic mass is 10.2. The first-order chi connectivity index (χ1) is 11.1. The molecular formula is C16H23N3O4. The summed E-state index contributed by atoms with van der Waals surface area (Å²) in [7, 11) is 0. The zero-order valence-electron chi connectivity index (χ0n) is 13.5. The lowest BCUT2D eigenvalue weighted by Gasteiger charge is -2.30. The molecule has 7 nitrogen and oxygen atoms in total. The summed E-state index contributed by atoms with van der Waals surface area (Å²) in [6.07, 6.45) is -0.203. The Kier molecular flexibility index (Phi) is 6.08. The first-order valence-corrected chi connectivity index (χ1v) is 7.75. The Morgan fingerprint density at radius 2 is 1.91 bits per heavy atom. The van der Waals surface area contributed by atoms with Gasteiger partial charge in [-0.25, -0.2) is 4.79 Å². The van der Waals surface area contributed by atoms with Crippen LogP contribution < -0.4 is 20.1 Å². The number of rotatable bonds is 6. The number of carbonyl (C=O) groups excluding carboxylic acids is 2. The highest BCUT2D eigenvalue weighted by atomic mass is 16.6. The molecule has 126 valence electrons. The van der Waals surface area contributed by atoms with Crippen LogP contribution in [0, 0.1) is 0 Å². The van der Waals surface area contributed by atoms with Gasteiger partial charge in [0, 0.05) is 26.6 Å². The van der Waals surface area contributed by atoms with E-state index in [-0.39, 0.29) is 18.0 Å². The van der Waals surface area contributed by atoms with Crippen molar-refractivity contribution in [2.75, 3.05) is 32.8 Å². The van der Waals surface area contributed by atoms with Crippen molar-refractivity contribution in [2.24, 2.45) is 0 Å². The molecule has 7 heteroatoms. The molecule has 3 amide bonds. The Morgan fingerprint density at radius 3 is 2.61 bits per heavy atom. The standard InChI is InChI=1S/C16H23N3O4/c1-3-19(16(21)18-9-8-17-12(2)20)10-13-11-22-14-6-4-5-7-15(14)23-13/h4-7,13H,3,8-11H2,1-2H3,(H,17,20)(H,18,21)/t13-/m1/s1. The van der Waals surface area contributed by atoms with Gasteiger partial charge >= 0.3 is 6.03 Å². The van der Waals surface area contributed by atoms with Crippen molar-refractivity contribution in [2.45, 2.75) is 20.0 Å². The van der Waals surface area contributed by atoms with Crippen molar-refractivity contribution in [3.05, 3.63) is 24.3 Å². The molecule has 0 aromatic heterocycles. The van der Waals surface area contributed by atoms with Crippen molar-refractivity contribution < 1.29 is 19.1 Å². The SMILES string of the molecule is CCN(C[C@@H]1COc2ccccc2O1)C(=O)NCCNC(C)=O. The minimum Gasteiger partial charge on any atom is -0.486 e. The second kappa shape index (κ2) is 8.26. The average molecular weight is 321 g/mol. The monoisotopic (exact) mass is 321 g/mol. The number of benzene rings is 1. The molecule has 0 saturated heterocycles. The number of nitrogens with one attached hydrogen (secondary N) is 2. The van der Waals surface area contributed by atoms with Crippen LogP contribution in [-0.4, -0.2) is 55.7 Å². The third-order valence-electron chi connectivity index (χ3n) is 3.44. The summed E-state index contributed by atoms with van der Waals surface area (Å²) in [5.74, 6) is 1.32. The highest BCUT2D eigenvalue weighted by molar-refractivity contribution is 5.74. The van der Waals surface area contributed by atoms with E-state index in [0.29, 0.717) is 38.5 Å². The summed E-state index contributed by atoms with van der Waals surface area (Å²) in [4.78, 5) is 24.6. The zero-order chi connectivity index (χ0) is 16.7. The predicted molar refractivity (Wildman–Crippen MR) is 85.7 cm³/mol. The molecule has 0 unspecified atom stereocenters. The Bertz CT molecular complexity index is 550. The molecule has 1 aromatic rings. The van der Waals surface area contributed by atoms with E-state index in [2.05, 4.69) is 10.6 Å². The highest BCUT2D eigenvalue weighted by Gasteiger charge is 2.24.